The molecule has 0 saturated heterocycles. The number of rotatable bonds is 5. The van der Waals surface area contributed by atoms with E-state index < -0.39 is 11.6 Å². The Morgan fingerprint density at radius 2 is 1.94 bits per heavy atom. The molecular formula is C9H12NO5PS. The van der Waals surface area contributed by atoms with Crippen molar-refractivity contribution in [2.45, 2.75) is 6.92 Å². The molecule has 94 valence electrons. The van der Waals surface area contributed by atoms with Crippen LogP contribution in [-0.4, -0.2) is 19.1 Å². The first kappa shape index (κ1) is 14.1. The Kier molecular flexibility index (Phi) is 4.59. The molecule has 0 radical (unpaired) electrons. The van der Waals surface area contributed by atoms with Gasteiger partial charge in [-0.25, -0.2) is 0 Å². The summed E-state index contributed by atoms with van der Waals surface area (Å²) >= 11 is 5.00. The largest absolute Gasteiger partial charge is 0.424 e. The highest BCUT2D eigenvalue weighted by Gasteiger charge is 2.20. The molecule has 0 bridgehead atoms. The first-order valence-electron chi connectivity index (χ1n) is 4.58. The standard InChI is InChI=1S/C9H12NO5PS/c1-7-4-5-8(6-9(7)10(11)12)15-16(17,13-2)14-3/h4-6H,1-3H3. The van der Waals surface area contributed by atoms with Gasteiger partial charge in [0.1, 0.15) is 5.75 Å². The van der Waals surface area contributed by atoms with E-state index in [4.69, 9.17) is 25.4 Å². The minimum atomic E-state index is -2.86. The van der Waals surface area contributed by atoms with Crippen LogP contribution in [0.25, 0.3) is 0 Å². The van der Waals surface area contributed by atoms with Crippen LogP contribution >= 0.6 is 6.72 Å². The van der Waals surface area contributed by atoms with E-state index in [9.17, 15) is 10.1 Å². The maximum Gasteiger partial charge on any atom is 0.380 e. The van der Waals surface area contributed by atoms with Gasteiger partial charge in [-0.15, -0.1) is 0 Å². The highest BCUT2D eigenvalue weighted by atomic mass is 32.5. The molecule has 0 saturated carbocycles. The third-order valence-electron chi connectivity index (χ3n) is 2.04. The van der Waals surface area contributed by atoms with Gasteiger partial charge >= 0.3 is 6.72 Å². The average molecular weight is 277 g/mol. The van der Waals surface area contributed by atoms with Crippen molar-refractivity contribution in [3.05, 3.63) is 33.9 Å². The Balaban J connectivity index is 3.05. The van der Waals surface area contributed by atoms with E-state index in [0.717, 1.165) is 0 Å². The Labute approximate surface area is 104 Å². The number of hydrogen-bond donors (Lipinski definition) is 0. The molecule has 6 nitrogen and oxygen atoms in total. The molecule has 1 rings (SSSR count). The van der Waals surface area contributed by atoms with Gasteiger partial charge in [-0.2, -0.15) is 0 Å². The fourth-order valence-corrected chi connectivity index (χ4v) is 2.05. The number of benzene rings is 1. The molecule has 0 unspecified atom stereocenters. The highest BCUT2D eigenvalue weighted by molar-refractivity contribution is 8.07. The maximum absolute atomic E-state index is 10.7. The average Bonchev–Trinajstić information content (AvgIpc) is 2.31. The van der Waals surface area contributed by atoms with Crippen LogP contribution in [-0.2, 0) is 20.9 Å². The van der Waals surface area contributed by atoms with E-state index >= 15 is 0 Å². The molecule has 0 atom stereocenters. The minimum absolute atomic E-state index is 0.0312. The van der Waals surface area contributed by atoms with Crippen molar-refractivity contribution in [3.8, 4) is 5.75 Å². The van der Waals surface area contributed by atoms with Crippen LogP contribution in [0.1, 0.15) is 5.56 Å². The molecule has 1 aromatic rings. The molecule has 0 aliphatic heterocycles. The van der Waals surface area contributed by atoms with Crippen molar-refractivity contribution in [1.82, 2.24) is 0 Å². The van der Waals surface area contributed by atoms with E-state index in [1.165, 1.54) is 20.3 Å². The van der Waals surface area contributed by atoms with E-state index in [1.807, 2.05) is 0 Å². The first-order valence-corrected chi connectivity index (χ1v) is 7.13. The van der Waals surface area contributed by atoms with Crippen LogP contribution in [0.3, 0.4) is 0 Å². The van der Waals surface area contributed by atoms with Gasteiger partial charge in [-0.1, -0.05) is 0 Å². The molecule has 0 aromatic heterocycles. The van der Waals surface area contributed by atoms with Crippen LogP contribution in [0, 0.1) is 17.0 Å². The summed E-state index contributed by atoms with van der Waals surface area (Å²) in [7, 11) is 2.74. The van der Waals surface area contributed by atoms with Gasteiger partial charge in [-0.05, 0) is 19.1 Å². The van der Waals surface area contributed by atoms with Gasteiger partial charge in [0.25, 0.3) is 5.69 Å². The van der Waals surface area contributed by atoms with E-state index in [0.29, 0.717) is 5.56 Å². The summed E-state index contributed by atoms with van der Waals surface area (Å²) < 4.78 is 15.2. The smallest absolute Gasteiger partial charge is 0.380 e. The molecule has 0 aliphatic carbocycles. The zero-order valence-corrected chi connectivity index (χ0v) is 11.3. The van der Waals surface area contributed by atoms with Crippen LogP contribution in [0.5, 0.6) is 5.75 Å². The number of hydrogen-bond acceptors (Lipinski definition) is 6. The highest BCUT2D eigenvalue weighted by Crippen LogP contribution is 2.48. The third kappa shape index (κ3) is 3.47. The van der Waals surface area contributed by atoms with E-state index in [-0.39, 0.29) is 11.4 Å². The van der Waals surface area contributed by atoms with Crippen LogP contribution in [0.2, 0.25) is 0 Å². The van der Waals surface area contributed by atoms with Crippen molar-refractivity contribution in [3.63, 3.8) is 0 Å². The summed E-state index contributed by atoms with van der Waals surface area (Å²) in [6.07, 6.45) is 0. The summed E-state index contributed by atoms with van der Waals surface area (Å²) in [5, 5.41) is 10.7. The number of nitro groups is 1. The Hall–Kier alpha value is -1.01. The lowest BCUT2D eigenvalue weighted by Crippen LogP contribution is -1.98. The minimum Gasteiger partial charge on any atom is -0.424 e. The molecular weight excluding hydrogens is 265 g/mol. The van der Waals surface area contributed by atoms with E-state index in [2.05, 4.69) is 0 Å². The summed E-state index contributed by atoms with van der Waals surface area (Å²) in [6.45, 7) is -1.21. The third-order valence-corrected chi connectivity index (χ3v) is 4.49. The molecule has 8 heteroatoms. The molecule has 0 heterocycles. The van der Waals surface area contributed by atoms with Crippen LogP contribution in [0.15, 0.2) is 18.2 Å². The predicted molar refractivity (Wildman–Crippen MR) is 66.8 cm³/mol. The maximum atomic E-state index is 10.7. The Bertz CT molecular complexity index is 470. The van der Waals surface area contributed by atoms with Gasteiger partial charge in [-0.3, -0.25) is 10.1 Å². The first-order chi connectivity index (χ1) is 7.91. The molecule has 0 N–H and O–H groups in total. The lowest BCUT2D eigenvalue weighted by molar-refractivity contribution is -0.385. The quantitative estimate of drug-likeness (QED) is 0.468. The normalized spacial score (nSPS) is 11.2. The zero-order chi connectivity index (χ0) is 13.1. The second-order valence-electron chi connectivity index (χ2n) is 3.11. The fraction of sp³-hybridized carbons (Fsp3) is 0.333. The molecule has 0 amide bonds. The summed E-state index contributed by atoms with van der Waals surface area (Å²) in [5.41, 5.74) is 0.516. The van der Waals surface area contributed by atoms with Crippen molar-refractivity contribution < 1.29 is 18.5 Å². The molecule has 0 spiro atoms. The van der Waals surface area contributed by atoms with Gasteiger partial charge in [0.05, 0.1) is 11.0 Å². The topological polar surface area (TPSA) is 70.8 Å². The summed E-state index contributed by atoms with van der Waals surface area (Å²) in [4.78, 5) is 10.3. The summed E-state index contributed by atoms with van der Waals surface area (Å²) in [5.74, 6) is 0.259. The summed E-state index contributed by atoms with van der Waals surface area (Å²) in [6, 6.07) is 4.47. The molecule has 0 aliphatic rings. The number of nitrogens with zero attached hydrogens (tertiary/aromatic N) is 1. The monoisotopic (exact) mass is 277 g/mol. The van der Waals surface area contributed by atoms with E-state index in [1.54, 1.807) is 19.1 Å². The van der Waals surface area contributed by atoms with Crippen molar-refractivity contribution >= 4 is 24.2 Å². The van der Waals surface area contributed by atoms with Crippen LogP contribution < -0.4 is 4.52 Å². The lowest BCUT2D eigenvalue weighted by Gasteiger charge is -2.18. The number of aryl methyl sites for hydroxylation is 1. The van der Waals surface area contributed by atoms with Crippen LogP contribution in [0.4, 0.5) is 5.69 Å². The fourth-order valence-electron chi connectivity index (χ4n) is 1.12. The molecule has 0 fully saturated rings. The van der Waals surface area contributed by atoms with Gasteiger partial charge in [0, 0.05) is 31.6 Å². The van der Waals surface area contributed by atoms with Crippen molar-refractivity contribution in [1.29, 1.82) is 0 Å². The SMILES string of the molecule is COP(=S)(OC)Oc1ccc(C)c([N+](=O)[O-])c1. The second-order valence-corrected chi connectivity index (χ2v) is 6.26. The molecule has 17 heavy (non-hydrogen) atoms. The lowest BCUT2D eigenvalue weighted by atomic mass is 10.2. The zero-order valence-electron chi connectivity index (χ0n) is 9.58. The van der Waals surface area contributed by atoms with Crippen molar-refractivity contribution in [2.75, 3.05) is 14.2 Å². The molecule has 1 aromatic carbocycles. The number of nitro benzene ring substituents is 1. The second kappa shape index (κ2) is 5.55. The predicted octanol–water partition coefficient (Wildman–Crippen LogP) is 2.80. The Morgan fingerprint density at radius 1 is 1.35 bits per heavy atom. The van der Waals surface area contributed by atoms with Crippen molar-refractivity contribution in [2.24, 2.45) is 0 Å². The van der Waals surface area contributed by atoms with Gasteiger partial charge < -0.3 is 13.6 Å². The Morgan fingerprint density at radius 3 is 2.41 bits per heavy atom. The van der Waals surface area contributed by atoms with Gasteiger partial charge in [0.15, 0.2) is 0 Å². The van der Waals surface area contributed by atoms with Gasteiger partial charge in [0.2, 0.25) is 0 Å².